The molecule has 0 spiro atoms. The molecule has 1 aliphatic heterocycles. The highest BCUT2D eigenvalue weighted by molar-refractivity contribution is 6.04. The largest absolute Gasteiger partial charge is 0.508 e. The molecule has 1 aliphatic rings. The van der Waals surface area contributed by atoms with Crippen molar-refractivity contribution in [1.82, 2.24) is 0 Å². The summed E-state index contributed by atoms with van der Waals surface area (Å²) in [5, 5.41) is 9.75. The van der Waals surface area contributed by atoms with Gasteiger partial charge in [-0.2, -0.15) is 0 Å². The fraction of sp³-hybridized carbons (Fsp3) is 0.235. The number of hydrogen-bond acceptors (Lipinski definition) is 3. The number of ketones is 1. The summed E-state index contributed by atoms with van der Waals surface area (Å²) in [4.78, 5) is 11.7. The van der Waals surface area contributed by atoms with Crippen LogP contribution in [0.2, 0.25) is 0 Å². The minimum Gasteiger partial charge on any atom is -0.508 e. The van der Waals surface area contributed by atoms with Crippen molar-refractivity contribution in [3.8, 4) is 22.6 Å². The topological polar surface area (TPSA) is 46.5 Å². The van der Waals surface area contributed by atoms with Gasteiger partial charge in [-0.15, -0.1) is 0 Å². The number of phenols is 1. The van der Waals surface area contributed by atoms with Gasteiger partial charge in [0.1, 0.15) is 11.5 Å². The van der Waals surface area contributed by atoms with Crippen LogP contribution in [0.4, 0.5) is 0 Å². The summed E-state index contributed by atoms with van der Waals surface area (Å²) in [5.74, 6) is 1.01. The molecule has 20 heavy (non-hydrogen) atoms. The lowest BCUT2D eigenvalue weighted by Crippen LogP contribution is -2.00. The third-order valence-corrected chi connectivity index (χ3v) is 3.79. The van der Waals surface area contributed by atoms with Crippen LogP contribution < -0.4 is 4.74 Å². The number of aryl methyl sites for hydroxylation is 3. The average Bonchev–Trinajstić information content (AvgIpc) is 2.76. The highest BCUT2D eigenvalue weighted by Gasteiger charge is 2.24. The van der Waals surface area contributed by atoms with Gasteiger partial charge in [0.05, 0.1) is 5.56 Å². The highest BCUT2D eigenvalue weighted by atomic mass is 16.5. The van der Waals surface area contributed by atoms with Gasteiger partial charge in [-0.25, -0.2) is 0 Å². The molecule has 0 aliphatic carbocycles. The van der Waals surface area contributed by atoms with Gasteiger partial charge in [-0.1, -0.05) is 6.07 Å². The standard InChI is InChI=1S/C17H16O3/c1-9-6-14(18)10(2)5-13(9)12-4-11(3)17-15(19)8-20-16(17)7-12/h4-7,18H,8H2,1-3H3. The van der Waals surface area contributed by atoms with Crippen LogP contribution in [0.3, 0.4) is 0 Å². The molecule has 2 aromatic carbocycles. The van der Waals surface area contributed by atoms with Crippen LogP contribution in [0.15, 0.2) is 24.3 Å². The highest BCUT2D eigenvalue weighted by Crippen LogP contribution is 2.36. The smallest absolute Gasteiger partial charge is 0.204 e. The summed E-state index contributed by atoms with van der Waals surface area (Å²) in [6.07, 6.45) is 0. The maximum absolute atomic E-state index is 11.7. The molecule has 0 fully saturated rings. The van der Waals surface area contributed by atoms with Crippen LogP contribution >= 0.6 is 0 Å². The normalized spacial score (nSPS) is 13.2. The van der Waals surface area contributed by atoms with Crippen molar-refractivity contribution in [2.24, 2.45) is 0 Å². The summed E-state index contributed by atoms with van der Waals surface area (Å²) in [7, 11) is 0. The number of hydrogen-bond donors (Lipinski definition) is 1. The lowest BCUT2D eigenvalue weighted by molar-refractivity contribution is 0.0961. The second-order valence-electron chi connectivity index (χ2n) is 5.33. The van der Waals surface area contributed by atoms with Crippen molar-refractivity contribution >= 4 is 5.78 Å². The first kappa shape index (κ1) is 12.7. The minimum atomic E-state index is 0.0441. The summed E-state index contributed by atoms with van der Waals surface area (Å²) in [5.41, 5.74) is 5.52. The predicted molar refractivity (Wildman–Crippen MR) is 77.6 cm³/mol. The number of phenolic OH excluding ortho intramolecular Hbond substituents is 1. The number of Topliss-reactive ketones (excluding diaryl/α,β-unsaturated/α-hetero) is 1. The van der Waals surface area contributed by atoms with Crippen molar-refractivity contribution in [2.45, 2.75) is 20.8 Å². The van der Waals surface area contributed by atoms with Crippen LogP contribution in [0.1, 0.15) is 27.0 Å². The van der Waals surface area contributed by atoms with E-state index in [-0.39, 0.29) is 12.4 Å². The Kier molecular flexibility index (Phi) is 2.78. The third kappa shape index (κ3) is 1.86. The Bertz CT molecular complexity index is 730. The SMILES string of the molecule is Cc1cc(-c2cc(C)c3c(c2)OCC3=O)c(C)cc1O. The second-order valence-corrected chi connectivity index (χ2v) is 5.33. The molecule has 0 radical (unpaired) electrons. The van der Waals surface area contributed by atoms with Gasteiger partial charge >= 0.3 is 0 Å². The number of benzene rings is 2. The number of carbonyl (C=O) groups is 1. The van der Waals surface area contributed by atoms with Gasteiger partial charge in [0.25, 0.3) is 0 Å². The van der Waals surface area contributed by atoms with E-state index in [0.29, 0.717) is 17.1 Å². The van der Waals surface area contributed by atoms with Crippen LogP contribution in [0.5, 0.6) is 11.5 Å². The Morgan fingerprint density at radius 3 is 2.50 bits per heavy atom. The molecule has 0 aromatic heterocycles. The molecule has 0 atom stereocenters. The molecule has 0 bridgehead atoms. The van der Waals surface area contributed by atoms with Crippen molar-refractivity contribution in [2.75, 3.05) is 6.61 Å². The fourth-order valence-corrected chi connectivity index (χ4v) is 2.71. The van der Waals surface area contributed by atoms with Crippen LogP contribution in [0, 0.1) is 20.8 Å². The minimum absolute atomic E-state index is 0.0441. The molecule has 3 rings (SSSR count). The van der Waals surface area contributed by atoms with Gasteiger partial charge in [-0.05, 0) is 66.8 Å². The van der Waals surface area contributed by atoms with E-state index in [1.165, 1.54) is 0 Å². The number of rotatable bonds is 1. The molecule has 3 nitrogen and oxygen atoms in total. The molecule has 2 aromatic rings. The van der Waals surface area contributed by atoms with E-state index in [9.17, 15) is 9.90 Å². The molecule has 3 heteroatoms. The van der Waals surface area contributed by atoms with Crippen LogP contribution in [0.25, 0.3) is 11.1 Å². The van der Waals surface area contributed by atoms with E-state index in [4.69, 9.17) is 4.74 Å². The summed E-state index contributed by atoms with van der Waals surface area (Å²) < 4.78 is 5.45. The average molecular weight is 268 g/mol. The molecule has 0 unspecified atom stereocenters. The first-order chi connectivity index (χ1) is 9.47. The molecule has 1 heterocycles. The Hall–Kier alpha value is -2.29. The van der Waals surface area contributed by atoms with E-state index in [0.717, 1.165) is 27.8 Å². The van der Waals surface area contributed by atoms with Crippen molar-refractivity contribution in [1.29, 1.82) is 0 Å². The van der Waals surface area contributed by atoms with E-state index < -0.39 is 0 Å². The summed E-state index contributed by atoms with van der Waals surface area (Å²) in [6.45, 7) is 5.90. The lowest BCUT2D eigenvalue weighted by Gasteiger charge is -2.12. The zero-order chi connectivity index (χ0) is 14.4. The molecule has 0 saturated carbocycles. The number of aromatic hydroxyl groups is 1. The van der Waals surface area contributed by atoms with E-state index in [2.05, 4.69) is 0 Å². The molecular weight excluding hydrogens is 252 g/mol. The van der Waals surface area contributed by atoms with Crippen LogP contribution in [-0.2, 0) is 0 Å². The number of fused-ring (bicyclic) bond motifs is 1. The Morgan fingerprint density at radius 1 is 1.00 bits per heavy atom. The van der Waals surface area contributed by atoms with Gasteiger partial charge < -0.3 is 9.84 Å². The van der Waals surface area contributed by atoms with Crippen molar-refractivity contribution < 1.29 is 14.6 Å². The summed E-state index contributed by atoms with van der Waals surface area (Å²) in [6, 6.07) is 7.64. The lowest BCUT2D eigenvalue weighted by atomic mass is 9.94. The zero-order valence-electron chi connectivity index (χ0n) is 11.8. The van der Waals surface area contributed by atoms with Crippen molar-refractivity contribution in [3.05, 3.63) is 46.5 Å². The maximum atomic E-state index is 11.7. The van der Waals surface area contributed by atoms with Gasteiger partial charge in [-0.3, -0.25) is 4.79 Å². The summed E-state index contributed by atoms with van der Waals surface area (Å²) >= 11 is 0. The number of carbonyl (C=O) groups excluding carboxylic acids is 1. The monoisotopic (exact) mass is 268 g/mol. The van der Waals surface area contributed by atoms with Gasteiger partial charge in [0, 0.05) is 0 Å². The number of ether oxygens (including phenoxy) is 1. The fourth-order valence-electron chi connectivity index (χ4n) is 2.71. The Morgan fingerprint density at radius 2 is 1.75 bits per heavy atom. The van der Waals surface area contributed by atoms with Crippen molar-refractivity contribution in [3.63, 3.8) is 0 Å². The molecule has 0 amide bonds. The van der Waals surface area contributed by atoms with E-state index in [1.807, 2.05) is 39.0 Å². The molecule has 1 N–H and O–H groups in total. The molecule has 0 saturated heterocycles. The van der Waals surface area contributed by atoms with Gasteiger partial charge in [0.15, 0.2) is 6.61 Å². The Balaban J connectivity index is 2.20. The van der Waals surface area contributed by atoms with Crippen LogP contribution in [-0.4, -0.2) is 17.5 Å². The zero-order valence-corrected chi connectivity index (χ0v) is 11.8. The second kappa shape index (κ2) is 4.37. The first-order valence-electron chi connectivity index (χ1n) is 6.58. The van der Waals surface area contributed by atoms with E-state index >= 15 is 0 Å². The van der Waals surface area contributed by atoms with Gasteiger partial charge in [0.2, 0.25) is 5.78 Å². The molecular formula is C17H16O3. The molecule has 102 valence electrons. The predicted octanol–water partition coefficient (Wildman–Crippen LogP) is 3.56. The first-order valence-corrected chi connectivity index (χ1v) is 6.58. The quantitative estimate of drug-likeness (QED) is 0.860. The van der Waals surface area contributed by atoms with E-state index in [1.54, 1.807) is 6.07 Å². The third-order valence-electron chi connectivity index (χ3n) is 3.79. The Labute approximate surface area is 117 Å². The maximum Gasteiger partial charge on any atom is 0.204 e.